The Morgan fingerprint density at radius 3 is 1.01 bits per heavy atom. The topological polar surface area (TPSA) is 140 Å². The van der Waals surface area contributed by atoms with E-state index in [0.717, 1.165) is 19.1 Å². The summed E-state index contributed by atoms with van der Waals surface area (Å²) in [5.74, 6) is 0. The highest BCUT2D eigenvalue weighted by atomic mass is 28.5. The molecule has 0 unspecified atom stereocenters. The fourth-order valence-electron chi connectivity index (χ4n) is 5.08. The smallest absolute Gasteiger partial charge is 0.439 e. The van der Waals surface area contributed by atoms with Gasteiger partial charge in [-0.25, -0.2) is 0 Å². The van der Waals surface area contributed by atoms with Gasteiger partial charge in [-0.1, -0.05) is 50.6 Å². The average Bonchev–Trinajstić information content (AvgIpc) is 3.01. The van der Waals surface area contributed by atoms with Crippen LogP contribution in [-0.4, -0.2) is 176 Å². The summed E-state index contributed by atoms with van der Waals surface area (Å²) in [7, 11) is -8.55. The highest BCUT2D eigenvalue weighted by Gasteiger charge is 2.43. The minimum Gasteiger partial charge on any atom is -0.439 e. The molecule has 0 heterocycles. The molecule has 0 aromatic rings. The van der Waals surface area contributed by atoms with Crippen LogP contribution >= 0.6 is 0 Å². The summed E-state index contributed by atoms with van der Waals surface area (Å²) in [5.41, 5.74) is 0. The van der Waals surface area contributed by atoms with Crippen molar-refractivity contribution in [1.29, 1.82) is 0 Å². The van der Waals surface area contributed by atoms with Gasteiger partial charge in [0.1, 0.15) is 0 Å². The monoisotopic (exact) mass is 1140 g/mol. The summed E-state index contributed by atoms with van der Waals surface area (Å²) in [6, 6.07) is 1.01. The van der Waals surface area contributed by atoms with Gasteiger partial charge in [-0.05, 0) is 143 Å². The van der Waals surface area contributed by atoms with Gasteiger partial charge in [0.25, 0.3) is 9.28 Å². The summed E-state index contributed by atoms with van der Waals surface area (Å²) >= 11 is 0. The molecular weight excluding hydrogens is 1020 g/mol. The van der Waals surface area contributed by atoms with Crippen LogP contribution in [0.15, 0.2) is 12.7 Å². The lowest BCUT2D eigenvalue weighted by molar-refractivity contribution is 0.0704. The first-order valence-corrected chi connectivity index (χ1v) is 49.3. The van der Waals surface area contributed by atoms with Crippen LogP contribution in [0.4, 0.5) is 0 Å². The van der Waals surface area contributed by atoms with Gasteiger partial charge in [0.05, 0.1) is 59.5 Å². The SMILES string of the molecule is C.C.C.C.C.C.C=CCOCCOC.COCCO.COCCOCCC[Si](C)(O[Si](C)(C)C)O[Si](C)(C)C.COCCO[Si](C)(O[Si](C)(C)C)O[Si](C)(C)C.C[SiH](O[Si](C)(C)C)O[Si](C)(C)C. The maximum atomic E-state index is 7.94. The largest absolute Gasteiger partial charge is 0.476 e. The molecule has 1 N–H and O–H groups in total. The normalized spacial score (nSPS) is 11.8. The molecule has 0 rings (SSSR count). The molecular formula is C45H128O14Si9. The highest BCUT2D eigenvalue weighted by molar-refractivity contribution is 6.88. The number of hydrogen-bond acceptors (Lipinski definition) is 14. The number of hydrogen-bond donors (Lipinski definition) is 1. The third-order valence-electron chi connectivity index (χ3n) is 6.03. The van der Waals surface area contributed by atoms with Crippen molar-refractivity contribution in [2.75, 3.05) is 94.5 Å². The molecule has 0 amide bonds. The van der Waals surface area contributed by atoms with E-state index < -0.39 is 76.6 Å². The minimum atomic E-state index is -2.51. The van der Waals surface area contributed by atoms with Crippen molar-refractivity contribution in [3.63, 3.8) is 0 Å². The first-order valence-electron chi connectivity index (χ1n) is 22.0. The van der Waals surface area contributed by atoms with Crippen molar-refractivity contribution in [3.8, 4) is 0 Å². The maximum absolute atomic E-state index is 7.94. The molecule has 0 bridgehead atoms. The van der Waals surface area contributed by atoms with Gasteiger partial charge in [-0.15, -0.1) is 6.58 Å². The van der Waals surface area contributed by atoms with Crippen LogP contribution in [0.1, 0.15) is 51.0 Å². The summed E-state index contributed by atoms with van der Waals surface area (Å²) in [6.45, 7) is 55.2. The van der Waals surface area contributed by atoms with Gasteiger partial charge in [0.15, 0.2) is 49.9 Å². The summed E-state index contributed by atoms with van der Waals surface area (Å²) < 4.78 is 72.5. The molecule has 0 fully saturated rings. The molecule has 0 aliphatic heterocycles. The average molecular weight is 1150 g/mol. The van der Waals surface area contributed by atoms with Gasteiger partial charge in [-0.2, -0.15) is 0 Å². The van der Waals surface area contributed by atoms with Crippen molar-refractivity contribution < 1.29 is 62.6 Å². The molecule has 0 aromatic carbocycles. The Morgan fingerprint density at radius 1 is 0.426 bits per heavy atom. The Balaban J connectivity index is -0.0000000688. The predicted molar refractivity (Wildman–Crippen MR) is 325 cm³/mol. The van der Waals surface area contributed by atoms with Crippen molar-refractivity contribution in [2.24, 2.45) is 0 Å². The lowest BCUT2D eigenvalue weighted by Gasteiger charge is -2.38. The molecule has 23 heteroatoms. The fourth-order valence-corrected chi connectivity index (χ4v) is 36.5. The van der Waals surface area contributed by atoms with E-state index in [1.54, 1.807) is 34.5 Å². The first-order chi connectivity index (χ1) is 27.9. The van der Waals surface area contributed by atoms with Crippen LogP contribution in [0.5, 0.6) is 0 Å². The molecule has 0 saturated carbocycles. The Kier molecular flexibility index (Phi) is 70.2. The number of methoxy groups -OCH3 is 4. The van der Waals surface area contributed by atoms with Crippen LogP contribution in [-0.2, 0) is 57.5 Å². The lowest BCUT2D eigenvalue weighted by atomic mass is 10.5. The second-order valence-corrected chi connectivity index (χ2v) is 56.9. The fraction of sp³-hybridized carbons (Fsp3) is 0.956. The second kappa shape index (κ2) is 50.3. The molecule has 0 atom stereocenters. The van der Waals surface area contributed by atoms with Crippen LogP contribution in [0.2, 0.25) is 144 Å². The highest BCUT2D eigenvalue weighted by Crippen LogP contribution is 2.25. The number of aliphatic hydroxyl groups is 1. The van der Waals surface area contributed by atoms with Crippen LogP contribution < -0.4 is 0 Å². The number of rotatable bonds is 30. The molecule has 428 valence electrons. The molecule has 0 radical (unpaired) electrons. The summed E-state index contributed by atoms with van der Waals surface area (Å²) in [6.07, 6.45) is 2.72. The van der Waals surface area contributed by atoms with E-state index in [-0.39, 0.29) is 51.2 Å². The van der Waals surface area contributed by atoms with Crippen molar-refractivity contribution >= 4 is 76.6 Å². The van der Waals surface area contributed by atoms with Crippen LogP contribution in [0.3, 0.4) is 0 Å². The zero-order valence-corrected chi connectivity index (χ0v) is 54.3. The van der Waals surface area contributed by atoms with Crippen molar-refractivity contribution in [2.45, 2.75) is 195 Å². The van der Waals surface area contributed by atoms with Gasteiger partial charge >= 0.3 is 17.4 Å². The molecule has 0 aliphatic carbocycles. The second-order valence-electron chi connectivity index (χ2n) is 20.5. The Bertz CT molecular complexity index is 968. The number of ether oxygens (including phenoxy) is 6. The van der Waals surface area contributed by atoms with E-state index in [4.69, 9.17) is 57.9 Å². The lowest BCUT2D eigenvalue weighted by Crippen LogP contribution is -2.55. The molecule has 0 saturated heterocycles. The van der Waals surface area contributed by atoms with Crippen LogP contribution in [0.25, 0.3) is 0 Å². The molecule has 68 heavy (non-hydrogen) atoms. The molecule has 0 aromatic heterocycles. The quantitative estimate of drug-likeness (QED) is 0.0414. The van der Waals surface area contributed by atoms with E-state index in [1.807, 2.05) is 6.55 Å². The van der Waals surface area contributed by atoms with Gasteiger partial charge in [-0.3, -0.25) is 0 Å². The van der Waals surface area contributed by atoms with E-state index in [1.165, 1.54) is 0 Å². The van der Waals surface area contributed by atoms with Gasteiger partial charge in [0, 0.05) is 41.6 Å². The van der Waals surface area contributed by atoms with Crippen LogP contribution in [0, 0.1) is 0 Å². The number of aliphatic hydroxyl groups excluding tert-OH is 1. The molecule has 0 spiro atoms. The zero-order chi connectivity index (χ0) is 50.0. The molecule has 0 aliphatic rings. The third-order valence-corrected chi connectivity index (χ3v) is 32.6. The predicted octanol–water partition coefficient (Wildman–Crippen LogP) is 13.6. The van der Waals surface area contributed by atoms with E-state index in [0.29, 0.717) is 52.9 Å². The Labute approximate surface area is 438 Å². The summed E-state index contributed by atoms with van der Waals surface area (Å²) in [4.78, 5) is 0. The Hall–Kier alpha value is 1.13. The van der Waals surface area contributed by atoms with E-state index >= 15 is 0 Å². The zero-order valence-electron chi connectivity index (χ0n) is 45.1. The Morgan fingerprint density at radius 2 is 0.750 bits per heavy atom. The van der Waals surface area contributed by atoms with Crippen molar-refractivity contribution in [3.05, 3.63) is 12.7 Å². The minimum absolute atomic E-state index is 0. The standard InChI is InChI=1S/C13H34O4Si3.C10H28O4Si3.C7H22O2Si3.C6H12O2.C3H8O2.6CH4/c1-14-11-12-15-10-9-13-20(8,16-18(2,3)4)17-19(5,6)7;1-11-9-10-12-17(8,13-15(2,3)4)14-16(5,6)7;1-10(8-11(2,3)4)9-12(5,6)7;1-3-4-8-6-5-7-2;1-5-3-2-4;;;;;;/h9-13H2,1-8H3;9-10H2,1-8H3;10H,1-7H3;3H,1,4-6H2,2H3;4H,2-3H2,1H3;6*1H4. The molecule has 14 nitrogen and oxygen atoms in total. The van der Waals surface area contributed by atoms with Gasteiger partial charge < -0.3 is 62.6 Å². The van der Waals surface area contributed by atoms with E-state index in [9.17, 15) is 0 Å². The van der Waals surface area contributed by atoms with Gasteiger partial charge in [0.2, 0.25) is 0 Å². The third kappa shape index (κ3) is 89.9. The first kappa shape index (κ1) is 95.0. The van der Waals surface area contributed by atoms with E-state index in [2.05, 4.69) is 142 Å². The maximum Gasteiger partial charge on any atom is 0.476 e. The van der Waals surface area contributed by atoms with Crippen molar-refractivity contribution in [1.82, 2.24) is 0 Å². The summed E-state index contributed by atoms with van der Waals surface area (Å²) in [5, 5.41) is 7.94.